The van der Waals surface area contributed by atoms with E-state index in [2.05, 4.69) is 63.9 Å². The number of likely N-dealkylation sites (N-methyl/N-ethyl adjacent to an activating group) is 1. The summed E-state index contributed by atoms with van der Waals surface area (Å²) in [5.41, 5.74) is 7.78. The van der Waals surface area contributed by atoms with Crippen molar-refractivity contribution >= 4 is 0 Å². The minimum Gasteiger partial charge on any atom is -0.323 e. The SMILES string of the molecule is CCC(CC)N(C)C(C(C)C)C(N)c1ccccc1. The van der Waals surface area contributed by atoms with Crippen molar-refractivity contribution in [1.82, 2.24) is 4.90 Å². The number of benzene rings is 1. The van der Waals surface area contributed by atoms with Crippen molar-refractivity contribution in [2.45, 2.75) is 58.7 Å². The van der Waals surface area contributed by atoms with Crippen molar-refractivity contribution in [3.8, 4) is 0 Å². The van der Waals surface area contributed by atoms with Crippen molar-refractivity contribution in [2.24, 2.45) is 11.7 Å². The second kappa shape index (κ2) is 7.66. The summed E-state index contributed by atoms with van der Waals surface area (Å²) in [6.45, 7) is 9.06. The Bertz CT molecular complexity index is 344. The Morgan fingerprint density at radius 3 is 2.00 bits per heavy atom. The average Bonchev–Trinajstić information content (AvgIpc) is 2.40. The van der Waals surface area contributed by atoms with Gasteiger partial charge in [-0.3, -0.25) is 4.90 Å². The van der Waals surface area contributed by atoms with Gasteiger partial charge in [0.2, 0.25) is 0 Å². The van der Waals surface area contributed by atoms with Crippen molar-refractivity contribution < 1.29 is 0 Å². The van der Waals surface area contributed by atoms with Gasteiger partial charge in [-0.1, -0.05) is 58.0 Å². The van der Waals surface area contributed by atoms with Crippen molar-refractivity contribution in [3.05, 3.63) is 35.9 Å². The molecule has 0 saturated carbocycles. The first-order valence-corrected chi connectivity index (χ1v) is 7.55. The summed E-state index contributed by atoms with van der Waals surface area (Å²) in [6, 6.07) is 11.5. The molecule has 2 N–H and O–H groups in total. The highest BCUT2D eigenvalue weighted by atomic mass is 15.2. The molecular weight excluding hydrogens is 232 g/mol. The fourth-order valence-electron chi connectivity index (χ4n) is 3.12. The summed E-state index contributed by atoms with van der Waals surface area (Å²) in [6.07, 6.45) is 2.36. The van der Waals surface area contributed by atoms with Gasteiger partial charge in [-0.05, 0) is 31.4 Å². The summed E-state index contributed by atoms with van der Waals surface area (Å²) < 4.78 is 0. The van der Waals surface area contributed by atoms with E-state index in [-0.39, 0.29) is 6.04 Å². The molecule has 0 aliphatic rings. The topological polar surface area (TPSA) is 29.3 Å². The lowest BCUT2D eigenvalue weighted by Crippen LogP contribution is -2.48. The van der Waals surface area contributed by atoms with Crippen LogP contribution in [0.25, 0.3) is 0 Å². The monoisotopic (exact) mass is 262 g/mol. The van der Waals surface area contributed by atoms with Gasteiger partial charge in [0.05, 0.1) is 0 Å². The molecule has 2 heteroatoms. The fraction of sp³-hybridized carbons (Fsp3) is 0.647. The van der Waals surface area contributed by atoms with Crippen LogP contribution < -0.4 is 5.73 Å². The Morgan fingerprint density at radius 1 is 1.05 bits per heavy atom. The molecule has 0 spiro atoms. The third-order valence-corrected chi connectivity index (χ3v) is 4.22. The van der Waals surface area contributed by atoms with E-state index < -0.39 is 0 Å². The van der Waals surface area contributed by atoms with Crippen LogP contribution in [0.3, 0.4) is 0 Å². The quantitative estimate of drug-likeness (QED) is 0.809. The number of nitrogens with two attached hydrogens (primary N) is 1. The van der Waals surface area contributed by atoms with E-state index >= 15 is 0 Å². The Kier molecular flexibility index (Phi) is 6.53. The molecule has 0 bridgehead atoms. The van der Waals surface area contributed by atoms with Crippen LogP contribution in [0.4, 0.5) is 0 Å². The molecule has 0 amide bonds. The lowest BCUT2D eigenvalue weighted by Gasteiger charge is -2.40. The van der Waals surface area contributed by atoms with Crippen LogP contribution in [0.15, 0.2) is 30.3 Å². The lowest BCUT2D eigenvalue weighted by molar-refractivity contribution is 0.107. The highest BCUT2D eigenvalue weighted by molar-refractivity contribution is 5.20. The molecule has 2 unspecified atom stereocenters. The second-order valence-electron chi connectivity index (χ2n) is 5.81. The van der Waals surface area contributed by atoms with Gasteiger partial charge in [0.1, 0.15) is 0 Å². The van der Waals surface area contributed by atoms with Crippen LogP contribution in [0.1, 0.15) is 52.1 Å². The standard InChI is InChI=1S/C17H30N2/c1-6-15(7-2)19(5)17(13(3)4)16(18)14-11-9-8-10-12-14/h8-13,15-17H,6-7,18H2,1-5H3. The molecule has 108 valence electrons. The van der Waals surface area contributed by atoms with Crippen LogP contribution in [-0.4, -0.2) is 24.0 Å². The Hall–Kier alpha value is -0.860. The Morgan fingerprint density at radius 2 is 1.58 bits per heavy atom. The van der Waals surface area contributed by atoms with Crippen LogP contribution in [0.2, 0.25) is 0 Å². The molecule has 1 aromatic carbocycles. The smallest absolute Gasteiger partial charge is 0.0455 e. The van der Waals surface area contributed by atoms with Gasteiger partial charge in [0.15, 0.2) is 0 Å². The van der Waals surface area contributed by atoms with Gasteiger partial charge in [-0.15, -0.1) is 0 Å². The summed E-state index contributed by atoms with van der Waals surface area (Å²) in [4.78, 5) is 2.49. The maximum Gasteiger partial charge on any atom is 0.0455 e. The van der Waals surface area contributed by atoms with Gasteiger partial charge >= 0.3 is 0 Å². The third-order valence-electron chi connectivity index (χ3n) is 4.22. The van der Waals surface area contributed by atoms with E-state index in [1.54, 1.807) is 0 Å². The van der Waals surface area contributed by atoms with Gasteiger partial charge in [0, 0.05) is 18.1 Å². The summed E-state index contributed by atoms with van der Waals surface area (Å²) >= 11 is 0. The number of rotatable bonds is 7. The highest BCUT2D eigenvalue weighted by Gasteiger charge is 2.29. The van der Waals surface area contributed by atoms with Gasteiger partial charge in [0.25, 0.3) is 0 Å². The molecule has 0 radical (unpaired) electrons. The first-order chi connectivity index (χ1) is 9.02. The first kappa shape index (κ1) is 16.2. The minimum absolute atomic E-state index is 0.0757. The van der Waals surface area contributed by atoms with Crippen LogP contribution in [0, 0.1) is 5.92 Å². The fourth-order valence-corrected chi connectivity index (χ4v) is 3.12. The molecule has 0 aliphatic heterocycles. The molecule has 0 aromatic heterocycles. The number of nitrogens with zero attached hydrogens (tertiary/aromatic N) is 1. The molecule has 2 atom stereocenters. The summed E-state index contributed by atoms with van der Waals surface area (Å²) in [7, 11) is 2.23. The predicted molar refractivity (Wildman–Crippen MR) is 84.1 cm³/mol. The van der Waals surface area contributed by atoms with Crippen LogP contribution >= 0.6 is 0 Å². The zero-order valence-corrected chi connectivity index (χ0v) is 13.1. The first-order valence-electron chi connectivity index (χ1n) is 7.55. The highest BCUT2D eigenvalue weighted by Crippen LogP contribution is 2.26. The van der Waals surface area contributed by atoms with E-state index in [9.17, 15) is 0 Å². The molecule has 1 rings (SSSR count). The van der Waals surface area contributed by atoms with Gasteiger partial charge in [-0.2, -0.15) is 0 Å². The Labute approximate surface area is 119 Å². The van der Waals surface area contributed by atoms with E-state index in [1.165, 1.54) is 18.4 Å². The average molecular weight is 262 g/mol. The second-order valence-corrected chi connectivity index (χ2v) is 5.81. The van der Waals surface area contributed by atoms with E-state index in [0.717, 1.165) is 0 Å². The molecule has 2 nitrogen and oxygen atoms in total. The minimum atomic E-state index is 0.0757. The van der Waals surface area contributed by atoms with Crippen molar-refractivity contribution in [1.29, 1.82) is 0 Å². The zero-order chi connectivity index (χ0) is 14.4. The summed E-state index contributed by atoms with van der Waals surface area (Å²) in [5, 5.41) is 0. The predicted octanol–water partition coefficient (Wildman–Crippen LogP) is 3.83. The molecule has 0 heterocycles. The number of hydrogen-bond donors (Lipinski definition) is 1. The normalized spacial score (nSPS) is 15.2. The third kappa shape index (κ3) is 4.05. The number of hydrogen-bond acceptors (Lipinski definition) is 2. The Balaban J connectivity index is 2.94. The lowest BCUT2D eigenvalue weighted by atomic mass is 9.89. The van der Waals surface area contributed by atoms with E-state index in [1.807, 2.05) is 6.07 Å². The largest absolute Gasteiger partial charge is 0.323 e. The molecular formula is C17H30N2. The molecule has 0 aliphatic carbocycles. The molecule has 0 saturated heterocycles. The summed E-state index contributed by atoms with van der Waals surface area (Å²) in [5.74, 6) is 0.542. The van der Waals surface area contributed by atoms with E-state index in [0.29, 0.717) is 18.0 Å². The van der Waals surface area contributed by atoms with Crippen molar-refractivity contribution in [2.75, 3.05) is 7.05 Å². The van der Waals surface area contributed by atoms with Crippen molar-refractivity contribution in [3.63, 3.8) is 0 Å². The van der Waals surface area contributed by atoms with Crippen LogP contribution in [-0.2, 0) is 0 Å². The maximum atomic E-state index is 6.55. The van der Waals surface area contributed by atoms with E-state index in [4.69, 9.17) is 5.73 Å². The molecule has 0 fully saturated rings. The van der Waals surface area contributed by atoms with Gasteiger partial charge < -0.3 is 5.73 Å². The van der Waals surface area contributed by atoms with Gasteiger partial charge in [-0.25, -0.2) is 0 Å². The van der Waals surface area contributed by atoms with Crippen LogP contribution in [0.5, 0.6) is 0 Å². The zero-order valence-electron chi connectivity index (χ0n) is 13.1. The maximum absolute atomic E-state index is 6.55. The molecule has 19 heavy (non-hydrogen) atoms. The molecule has 1 aromatic rings.